The second-order valence-electron chi connectivity index (χ2n) is 3.83. The summed E-state index contributed by atoms with van der Waals surface area (Å²) in [6, 6.07) is 5.13. The number of benzene rings is 1. The van der Waals surface area contributed by atoms with Crippen LogP contribution in [0.5, 0.6) is 5.75 Å². The molecule has 0 N–H and O–H groups in total. The zero-order valence-corrected chi connectivity index (χ0v) is 13.0. The molecule has 0 saturated carbocycles. The van der Waals surface area contributed by atoms with Gasteiger partial charge in [0.05, 0.1) is 20.9 Å². The monoisotopic (exact) mass is 348 g/mol. The topological polar surface area (TPSA) is 27.1 Å². The molecule has 0 saturated heterocycles. The fraction of sp³-hybridized carbons (Fsp3) is 0.250. The van der Waals surface area contributed by atoms with E-state index in [-0.39, 0.29) is 0 Å². The summed E-state index contributed by atoms with van der Waals surface area (Å²) in [6.45, 7) is 2.30. The number of ether oxygens (including phenoxy) is 1. The highest BCUT2D eigenvalue weighted by Gasteiger charge is 2.12. The molecule has 0 unspecified atom stereocenters. The minimum atomic E-state index is 0.373. The Morgan fingerprint density at radius 3 is 2.72 bits per heavy atom. The first-order chi connectivity index (χ1) is 8.49. The number of hydrogen-bond acceptors (Lipinski definition) is 2. The highest BCUT2D eigenvalue weighted by Crippen LogP contribution is 2.29. The van der Waals surface area contributed by atoms with Crippen LogP contribution in [-0.4, -0.2) is 9.78 Å². The summed E-state index contributed by atoms with van der Waals surface area (Å²) in [5, 5.41) is 5.42. The Hall–Kier alpha value is -0.710. The van der Waals surface area contributed by atoms with Crippen LogP contribution in [0.3, 0.4) is 0 Å². The predicted octanol–water partition coefficient (Wildman–Crippen LogP) is 4.38. The first kappa shape index (κ1) is 13.7. The first-order valence-electron chi connectivity index (χ1n) is 5.25. The first-order valence-corrected chi connectivity index (χ1v) is 6.79. The van der Waals surface area contributed by atoms with Crippen LogP contribution in [0.25, 0.3) is 0 Å². The molecule has 2 aromatic rings. The zero-order chi connectivity index (χ0) is 13.3. The third-order valence-corrected chi connectivity index (χ3v) is 4.10. The maximum Gasteiger partial charge on any atom is 0.139 e. The highest BCUT2D eigenvalue weighted by atomic mass is 79.9. The molecule has 0 fully saturated rings. The van der Waals surface area contributed by atoms with Gasteiger partial charge in [0.15, 0.2) is 0 Å². The maximum atomic E-state index is 6.03. The van der Waals surface area contributed by atoms with Gasteiger partial charge >= 0.3 is 0 Å². The van der Waals surface area contributed by atoms with Crippen molar-refractivity contribution in [2.75, 3.05) is 0 Å². The summed E-state index contributed by atoms with van der Waals surface area (Å²) in [5.41, 5.74) is 1.87. The van der Waals surface area contributed by atoms with Gasteiger partial charge in [-0.2, -0.15) is 5.10 Å². The molecule has 1 aromatic carbocycles. The SMILES string of the molecule is Cc1nn(C)c(COc2cc(Cl)ccc2Cl)c1Br. The molecule has 0 aliphatic carbocycles. The third kappa shape index (κ3) is 2.82. The van der Waals surface area contributed by atoms with Gasteiger partial charge in [0.1, 0.15) is 12.4 Å². The van der Waals surface area contributed by atoms with Crippen LogP contribution in [-0.2, 0) is 13.7 Å². The Labute approximate surface area is 124 Å². The Kier molecular flexibility index (Phi) is 4.20. The number of aryl methyl sites for hydroxylation is 2. The van der Waals surface area contributed by atoms with Crippen molar-refractivity contribution in [1.29, 1.82) is 0 Å². The summed E-state index contributed by atoms with van der Waals surface area (Å²) >= 11 is 15.4. The molecule has 1 aromatic heterocycles. The van der Waals surface area contributed by atoms with Crippen LogP contribution in [0.4, 0.5) is 0 Å². The quantitative estimate of drug-likeness (QED) is 0.822. The predicted molar refractivity (Wildman–Crippen MR) is 76.4 cm³/mol. The van der Waals surface area contributed by atoms with Gasteiger partial charge in [-0.3, -0.25) is 4.68 Å². The average molecular weight is 350 g/mol. The highest BCUT2D eigenvalue weighted by molar-refractivity contribution is 9.10. The van der Waals surface area contributed by atoms with Crippen molar-refractivity contribution in [1.82, 2.24) is 9.78 Å². The smallest absolute Gasteiger partial charge is 0.139 e. The van der Waals surface area contributed by atoms with E-state index in [0.29, 0.717) is 22.4 Å². The van der Waals surface area contributed by atoms with E-state index in [2.05, 4.69) is 21.0 Å². The Bertz CT molecular complexity index is 584. The Morgan fingerprint density at radius 2 is 2.11 bits per heavy atom. The molecule has 0 radical (unpaired) electrons. The molecule has 0 spiro atoms. The van der Waals surface area contributed by atoms with Crippen molar-refractivity contribution in [3.8, 4) is 5.75 Å². The lowest BCUT2D eigenvalue weighted by Gasteiger charge is -2.09. The molecule has 0 atom stereocenters. The maximum absolute atomic E-state index is 6.03. The van der Waals surface area contributed by atoms with Gasteiger partial charge < -0.3 is 4.74 Å². The second kappa shape index (κ2) is 5.51. The normalized spacial score (nSPS) is 10.7. The Morgan fingerprint density at radius 1 is 1.39 bits per heavy atom. The van der Waals surface area contributed by atoms with E-state index in [9.17, 15) is 0 Å². The van der Waals surface area contributed by atoms with Gasteiger partial charge in [-0.25, -0.2) is 0 Å². The summed E-state index contributed by atoms with van der Waals surface area (Å²) in [7, 11) is 1.87. The minimum absolute atomic E-state index is 0.373. The third-order valence-electron chi connectivity index (χ3n) is 2.52. The van der Waals surface area contributed by atoms with Crippen molar-refractivity contribution in [3.05, 3.63) is 44.1 Å². The van der Waals surface area contributed by atoms with Crippen LogP contribution in [0.1, 0.15) is 11.4 Å². The number of rotatable bonds is 3. The second-order valence-corrected chi connectivity index (χ2v) is 5.47. The number of hydrogen-bond donors (Lipinski definition) is 0. The van der Waals surface area contributed by atoms with E-state index in [0.717, 1.165) is 15.9 Å². The van der Waals surface area contributed by atoms with Crippen molar-refractivity contribution in [2.45, 2.75) is 13.5 Å². The van der Waals surface area contributed by atoms with E-state index < -0.39 is 0 Å². The molecule has 6 heteroatoms. The Balaban J connectivity index is 2.19. The molecule has 2 rings (SSSR count). The molecule has 0 amide bonds. The van der Waals surface area contributed by atoms with Crippen LogP contribution in [0, 0.1) is 6.92 Å². The van der Waals surface area contributed by atoms with E-state index in [4.69, 9.17) is 27.9 Å². The van der Waals surface area contributed by atoms with E-state index in [1.54, 1.807) is 22.9 Å². The van der Waals surface area contributed by atoms with Gasteiger partial charge in [0.25, 0.3) is 0 Å². The van der Waals surface area contributed by atoms with Gasteiger partial charge in [0, 0.05) is 18.1 Å². The van der Waals surface area contributed by atoms with Crippen LogP contribution >= 0.6 is 39.1 Å². The number of halogens is 3. The molecule has 0 aliphatic rings. The molecular weight excluding hydrogens is 339 g/mol. The van der Waals surface area contributed by atoms with E-state index in [1.165, 1.54) is 0 Å². The lowest BCUT2D eigenvalue weighted by Crippen LogP contribution is -2.03. The molecule has 3 nitrogen and oxygen atoms in total. The van der Waals surface area contributed by atoms with E-state index in [1.807, 2.05) is 14.0 Å². The van der Waals surface area contributed by atoms with Crippen molar-refractivity contribution < 1.29 is 4.74 Å². The van der Waals surface area contributed by atoms with Crippen LogP contribution in [0.15, 0.2) is 22.7 Å². The summed E-state index contributed by atoms with van der Waals surface area (Å²) < 4.78 is 8.39. The van der Waals surface area contributed by atoms with Gasteiger partial charge in [0.2, 0.25) is 0 Å². The van der Waals surface area contributed by atoms with Crippen molar-refractivity contribution in [3.63, 3.8) is 0 Å². The standard InChI is InChI=1S/C12H11BrCl2N2O/c1-7-12(13)10(17(2)16-7)6-18-11-5-8(14)3-4-9(11)15/h3-5H,6H2,1-2H3. The number of nitrogens with zero attached hydrogens (tertiary/aromatic N) is 2. The number of aromatic nitrogens is 2. The van der Waals surface area contributed by atoms with Crippen molar-refractivity contribution in [2.24, 2.45) is 7.05 Å². The lowest BCUT2D eigenvalue weighted by atomic mass is 10.3. The molecule has 0 aliphatic heterocycles. The fourth-order valence-corrected chi connectivity index (χ4v) is 2.36. The van der Waals surface area contributed by atoms with Gasteiger partial charge in [-0.05, 0) is 35.0 Å². The van der Waals surface area contributed by atoms with Crippen LogP contribution in [0.2, 0.25) is 10.0 Å². The van der Waals surface area contributed by atoms with Crippen molar-refractivity contribution >= 4 is 39.1 Å². The molecule has 18 heavy (non-hydrogen) atoms. The molecule has 96 valence electrons. The molecule has 1 heterocycles. The van der Waals surface area contributed by atoms with Crippen LogP contribution < -0.4 is 4.74 Å². The molecule has 0 bridgehead atoms. The summed E-state index contributed by atoms with van der Waals surface area (Å²) in [5.74, 6) is 0.565. The molecular formula is C12H11BrCl2N2O. The van der Waals surface area contributed by atoms with E-state index >= 15 is 0 Å². The fourth-order valence-electron chi connectivity index (χ4n) is 1.57. The zero-order valence-electron chi connectivity index (χ0n) is 9.88. The summed E-state index contributed by atoms with van der Waals surface area (Å²) in [6.07, 6.45) is 0. The van der Waals surface area contributed by atoms with Gasteiger partial charge in [-0.15, -0.1) is 0 Å². The average Bonchev–Trinajstić information content (AvgIpc) is 2.55. The van der Waals surface area contributed by atoms with Gasteiger partial charge in [-0.1, -0.05) is 23.2 Å². The minimum Gasteiger partial charge on any atom is -0.486 e. The summed E-state index contributed by atoms with van der Waals surface area (Å²) in [4.78, 5) is 0. The lowest BCUT2D eigenvalue weighted by molar-refractivity contribution is 0.294. The largest absolute Gasteiger partial charge is 0.486 e.